The van der Waals surface area contributed by atoms with Crippen LogP contribution in [-0.2, 0) is 6.18 Å². The van der Waals surface area contributed by atoms with Gasteiger partial charge in [0.25, 0.3) is 5.91 Å². The highest BCUT2D eigenvalue weighted by Gasteiger charge is 2.30. The maximum atomic E-state index is 12.5. The van der Waals surface area contributed by atoms with Crippen LogP contribution in [0.4, 0.5) is 13.2 Å². The molecule has 1 aliphatic heterocycles. The van der Waals surface area contributed by atoms with Crippen LogP contribution in [0.3, 0.4) is 0 Å². The van der Waals surface area contributed by atoms with Crippen molar-refractivity contribution in [3.05, 3.63) is 35.4 Å². The maximum Gasteiger partial charge on any atom is 0.416 e. The van der Waals surface area contributed by atoms with Crippen LogP contribution in [0.15, 0.2) is 24.3 Å². The Balaban J connectivity index is 1.92. The summed E-state index contributed by atoms with van der Waals surface area (Å²) >= 11 is 0. The number of likely N-dealkylation sites (tertiary alicyclic amines) is 1. The Hall–Kier alpha value is -1.56. The summed E-state index contributed by atoms with van der Waals surface area (Å²) in [7, 11) is 0. The molecular weight excluding hydrogens is 293 g/mol. The largest absolute Gasteiger partial charge is 0.416 e. The molecule has 1 saturated heterocycles. The number of alkyl halides is 3. The van der Waals surface area contributed by atoms with Crippen molar-refractivity contribution in [3.63, 3.8) is 0 Å². The summed E-state index contributed by atoms with van der Waals surface area (Å²) in [6.45, 7) is 5.28. The molecule has 1 aromatic rings. The monoisotopic (exact) mass is 314 g/mol. The van der Waals surface area contributed by atoms with E-state index in [1.54, 1.807) is 4.90 Å². The predicted octanol–water partition coefficient (Wildman–Crippen LogP) is 3.17. The first kappa shape index (κ1) is 16.8. The highest BCUT2D eigenvalue weighted by molar-refractivity contribution is 5.94. The molecular formula is C16H21F3N2O. The summed E-state index contributed by atoms with van der Waals surface area (Å²) in [4.78, 5) is 14.0. The van der Waals surface area contributed by atoms with Gasteiger partial charge < -0.3 is 10.2 Å². The molecule has 0 radical (unpaired) electrons. The average molecular weight is 314 g/mol. The summed E-state index contributed by atoms with van der Waals surface area (Å²) in [6.07, 6.45) is -2.51. The molecule has 1 amide bonds. The normalized spacial score (nSPS) is 16.8. The molecule has 122 valence electrons. The van der Waals surface area contributed by atoms with Crippen LogP contribution < -0.4 is 5.32 Å². The molecule has 0 spiro atoms. The molecule has 0 bridgehead atoms. The van der Waals surface area contributed by atoms with Gasteiger partial charge in [0.05, 0.1) is 5.56 Å². The van der Waals surface area contributed by atoms with Gasteiger partial charge in [-0.2, -0.15) is 13.2 Å². The quantitative estimate of drug-likeness (QED) is 0.926. The molecule has 0 aliphatic carbocycles. The van der Waals surface area contributed by atoms with Crippen molar-refractivity contribution >= 4 is 5.91 Å². The lowest BCUT2D eigenvalue weighted by atomic mass is 9.96. The summed E-state index contributed by atoms with van der Waals surface area (Å²) < 4.78 is 37.6. The van der Waals surface area contributed by atoms with Crippen LogP contribution in [-0.4, -0.2) is 37.0 Å². The van der Waals surface area contributed by atoms with E-state index in [2.05, 4.69) is 12.2 Å². The number of nitrogens with one attached hydrogen (secondary N) is 1. The third-order valence-electron chi connectivity index (χ3n) is 4.04. The van der Waals surface area contributed by atoms with Crippen molar-refractivity contribution < 1.29 is 18.0 Å². The van der Waals surface area contributed by atoms with Crippen LogP contribution in [0.25, 0.3) is 0 Å². The average Bonchev–Trinajstić information content (AvgIpc) is 2.52. The number of piperidine rings is 1. The van der Waals surface area contributed by atoms with E-state index >= 15 is 0 Å². The minimum Gasteiger partial charge on any atom is -0.339 e. The van der Waals surface area contributed by atoms with E-state index in [0.717, 1.165) is 38.1 Å². The van der Waals surface area contributed by atoms with Gasteiger partial charge in [-0.25, -0.2) is 0 Å². The van der Waals surface area contributed by atoms with Crippen molar-refractivity contribution in [1.82, 2.24) is 10.2 Å². The Bertz CT molecular complexity index is 491. The second kappa shape index (κ2) is 7.13. The predicted molar refractivity (Wildman–Crippen MR) is 78.6 cm³/mol. The van der Waals surface area contributed by atoms with Gasteiger partial charge in [-0.1, -0.05) is 6.92 Å². The number of hydrogen-bond donors (Lipinski definition) is 1. The second-order valence-corrected chi connectivity index (χ2v) is 5.62. The molecule has 6 heteroatoms. The fraction of sp³-hybridized carbons (Fsp3) is 0.562. The topological polar surface area (TPSA) is 32.3 Å². The van der Waals surface area contributed by atoms with Crippen LogP contribution in [0.5, 0.6) is 0 Å². The zero-order valence-corrected chi connectivity index (χ0v) is 12.6. The van der Waals surface area contributed by atoms with Gasteiger partial charge in [-0.15, -0.1) is 0 Å². The van der Waals surface area contributed by atoms with Crippen molar-refractivity contribution in [2.75, 3.05) is 26.2 Å². The number of carbonyl (C=O) groups excluding carboxylic acids is 1. The first-order valence-corrected chi connectivity index (χ1v) is 7.59. The Morgan fingerprint density at radius 3 is 2.32 bits per heavy atom. The zero-order valence-electron chi connectivity index (χ0n) is 12.6. The van der Waals surface area contributed by atoms with Gasteiger partial charge in [-0.05, 0) is 56.1 Å². The molecule has 1 fully saturated rings. The van der Waals surface area contributed by atoms with Gasteiger partial charge in [0.15, 0.2) is 0 Å². The molecule has 0 aromatic heterocycles. The van der Waals surface area contributed by atoms with Gasteiger partial charge in [0.2, 0.25) is 0 Å². The summed E-state index contributed by atoms with van der Waals surface area (Å²) in [5, 5.41) is 3.30. The number of nitrogens with zero attached hydrogens (tertiary/aromatic N) is 1. The van der Waals surface area contributed by atoms with E-state index in [9.17, 15) is 18.0 Å². The number of carbonyl (C=O) groups is 1. The molecule has 1 aliphatic rings. The molecule has 1 N–H and O–H groups in total. The lowest BCUT2D eigenvalue weighted by Crippen LogP contribution is -2.40. The van der Waals surface area contributed by atoms with Gasteiger partial charge in [0, 0.05) is 18.7 Å². The fourth-order valence-corrected chi connectivity index (χ4v) is 2.67. The highest BCUT2D eigenvalue weighted by Crippen LogP contribution is 2.29. The van der Waals surface area contributed by atoms with E-state index in [1.165, 1.54) is 12.1 Å². The van der Waals surface area contributed by atoms with Crippen molar-refractivity contribution in [2.45, 2.75) is 25.9 Å². The molecule has 1 aromatic carbocycles. The van der Waals surface area contributed by atoms with E-state index < -0.39 is 11.7 Å². The number of benzene rings is 1. The standard InChI is InChI=1S/C16H21F3N2O/c1-2-20-11-12-7-9-21(10-8-12)15(22)13-3-5-14(6-4-13)16(17,18)19/h3-6,12,20H,2,7-11H2,1H3. The molecule has 22 heavy (non-hydrogen) atoms. The molecule has 3 nitrogen and oxygen atoms in total. The van der Waals surface area contributed by atoms with Crippen LogP contribution >= 0.6 is 0 Å². The highest BCUT2D eigenvalue weighted by atomic mass is 19.4. The third-order valence-corrected chi connectivity index (χ3v) is 4.04. The van der Waals surface area contributed by atoms with Gasteiger partial charge in [-0.3, -0.25) is 4.79 Å². The Morgan fingerprint density at radius 1 is 1.23 bits per heavy atom. The zero-order chi connectivity index (χ0) is 16.2. The Labute approximate surface area is 128 Å². The van der Waals surface area contributed by atoms with E-state index in [0.29, 0.717) is 24.6 Å². The van der Waals surface area contributed by atoms with Crippen molar-refractivity contribution in [2.24, 2.45) is 5.92 Å². The fourth-order valence-electron chi connectivity index (χ4n) is 2.67. The molecule has 0 atom stereocenters. The number of rotatable bonds is 4. The minimum absolute atomic E-state index is 0.185. The van der Waals surface area contributed by atoms with Crippen LogP contribution in [0.1, 0.15) is 35.7 Å². The van der Waals surface area contributed by atoms with Crippen molar-refractivity contribution in [1.29, 1.82) is 0 Å². The van der Waals surface area contributed by atoms with E-state index in [4.69, 9.17) is 0 Å². The Morgan fingerprint density at radius 2 is 1.82 bits per heavy atom. The third kappa shape index (κ3) is 4.22. The summed E-state index contributed by atoms with van der Waals surface area (Å²) in [6, 6.07) is 4.45. The molecule has 2 rings (SSSR count). The van der Waals surface area contributed by atoms with E-state index in [1.807, 2.05) is 0 Å². The number of halogens is 3. The molecule has 1 heterocycles. The van der Waals surface area contributed by atoms with E-state index in [-0.39, 0.29) is 5.91 Å². The molecule has 0 unspecified atom stereocenters. The SMILES string of the molecule is CCNCC1CCN(C(=O)c2ccc(C(F)(F)F)cc2)CC1. The smallest absolute Gasteiger partial charge is 0.339 e. The molecule has 0 saturated carbocycles. The van der Waals surface area contributed by atoms with Gasteiger partial charge in [0.1, 0.15) is 0 Å². The number of hydrogen-bond acceptors (Lipinski definition) is 2. The second-order valence-electron chi connectivity index (χ2n) is 5.62. The maximum absolute atomic E-state index is 12.5. The number of amides is 1. The van der Waals surface area contributed by atoms with Gasteiger partial charge >= 0.3 is 6.18 Å². The Kier molecular flexibility index (Phi) is 5.45. The first-order chi connectivity index (χ1) is 10.4. The lowest BCUT2D eigenvalue weighted by Gasteiger charge is -2.32. The lowest BCUT2D eigenvalue weighted by molar-refractivity contribution is -0.137. The summed E-state index contributed by atoms with van der Waals surface area (Å²) in [5.41, 5.74) is -0.411. The van der Waals surface area contributed by atoms with Crippen molar-refractivity contribution in [3.8, 4) is 0 Å². The minimum atomic E-state index is -4.37. The van der Waals surface area contributed by atoms with Crippen LogP contribution in [0, 0.1) is 5.92 Å². The van der Waals surface area contributed by atoms with Crippen LogP contribution in [0.2, 0.25) is 0 Å². The first-order valence-electron chi connectivity index (χ1n) is 7.59. The summed E-state index contributed by atoms with van der Waals surface area (Å²) in [5.74, 6) is 0.382.